The van der Waals surface area contributed by atoms with Crippen molar-refractivity contribution in [3.8, 4) is 11.5 Å². The lowest BCUT2D eigenvalue weighted by atomic mass is 9.81. The van der Waals surface area contributed by atoms with E-state index in [0.717, 1.165) is 17.5 Å². The van der Waals surface area contributed by atoms with Crippen molar-refractivity contribution in [1.82, 2.24) is 0 Å². The van der Waals surface area contributed by atoms with Crippen molar-refractivity contribution in [3.05, 3.63) is 71.3 Å². The Morgan fingerprint density at radius 3 is 2.25 bits per heavy atom. The number of rotatable bonds is 6. The molecule has 1 aliphatic rings. The minimum Gasteiger partial charge on any atom is -0.496 e. The number of benzene rings is 2. The van der Waals surface area contributed by atoms with Gasteiger partial charge in [-0.15, -0.1) is 0 Å². The second kappa shape index (κ2) is 9.18. The second-order valence-electron chi connectivity index (χ2n) is 6.70. The first-order chi connectivity index (χ1) is 13.6. The zero-order valence-electron chi connectivity index (χ0n) is 16.2. The molecule has 4 heteroatoms. The fourth-order valence-corrected chi connectivity index (χ4v) is 3.46. The molecule has 28 heavy (non-hydrogen) atoms. The highest BCUT2D eigenvalue weighted by Gasteiger charge is 2.31. The topological polar surface area (TPSA) is 52.6 Å². The maximum Gasteiger partial charge on any atom is 0.169 e. The molecule has 4 nitrogen and oxygen atoms in total. The number of hydrogen-bond donors (Lipinski definition) is 0. The summed E-state index contributed by atoms with van der Waals surface area (Å²) in [5, 5.41) is 0. The van der Waals surface area contributed by atoms with Crippen molar-refractivity contribution in [2.45, 2.75) is 19.3 Å². The van der Waals surface area contributed by atoms with Gasteiger partial charge in [0.25, 0.3) is 0 Å². The van der Waals surface area contributed by atoms with Gasteiger partial charge in [-0.3, -0.25) is 9.59 Å². The smallest absolute Gasteiger partial charge is 0.169 e. The number of methoxy groups -OCH3 is 2. The van der Waals surface area contributed by atoms with Gasteiger partial charge in [-0.05, 0) is 55.2 Å². The van der Waals surface area contributed by atoms with Gasteiger partial charge >= 0.3 is 0 Å². The molecule has 1 unspecified atom stereocenters. The minimum atomic E-state index is -0.624. The summed E-state index contributed by atoms with van der Waals surface area (Å²) >= 11 is 0. The van der Waals surface area contributed by atoms with Crippen molar-refractivity contribution >= 4 is 23.7 Å². The highest BCUT2D eigenvalue weighted by atomic mass is 16.5. The SMILES string of the molecule is COc1ccccc1C=CC(=O)C1CCCC(=Cc2ccccc2OC)C1=O. The zero-order chi connectivity index (χ0) is 19.9. The molecule has 1 fully saturated rings. The fraction of sp³-hybridized carbons (Fsp3) is 0.250. The van der Waals surface area contributed by atoms with Crippen LogP contribution in [-0.4, -0.2) is 25.8 Å². The lowest BCUT2D eigenvalue weighted by Crippen LogP contribution is -2.27. The number of carbonyl (C=O) groups is 2. The van der Waals surface area contributed by atoms with Crippen molar-refractivity contribution in [3.63, 3.8) is 0 Å². The van der Waals surface area contributed by atoms with E-state index >= 15 is 0 Å². The van der Waals surface area contributed by atoms with Crippen LogP contribution in [0, 0.1) is 5.92 Å². The monoisotopic (exact) mass is 376 g/mol. The summed E-state index contributed by atoms with van der Waals surface area (Å²) in [4.78, 5) is 25.6. The first kappa shape index (κ1) is 19.6. The first-order valence-electron chi connectivity index (χ1n) is 9.36. The van der Waals surface area contributed by atoms with E-state index in [1.807, 2.05) is 54.6 Å². The van der Waals surface area contributed by atoms with E-state index in [9.17, 15) is 9.59 Å². The summed E-state index contributed by atoms with van der Waals surface area (Å²) in [6, 6.07) is 15.0. The molecule has 0 radical (unpaired) electrons. The standard InChI is InChI=1S/C24H24O4/c1-27-22-12-5-3-8-17(22)14-15-21(25)20-11-7-10-19(24(20)26)16-18-9-4-6-13-23(18)28-2/h3-6,8-9,12-16,20H,7,10-11H2,1-2H3. The maximum atomic E-state index is 12.9. The number of para-hydroxylation sites is 2. The summed E-state index contributed by atoms with van der Waals surface area (Å²) < 4.78 is 10.7. The quantitative estimate of drug-likeness (QED) is 0.540. The summed E-state index contributed by atoms with van der Waals surface area (Å²) in [5.74, 6) is 0.527. The van der Waals surface area contributed by atoms with Crippen LogP contribution in [0.15, 0.2) is 60.2 Å². The molecular weight excluding hydrogens is 352 g/mol. The van der Waals surface area contributed by atoms with Crippen LogP contribution in [0.25, 0.3) is 12.2 Å². The van der Waals surface area contributed by atoms with E-state index in [4.69, 9.17) is 9.47 Å². The molecule has 0 amide bonds. The number of ether oxygens (including phenoxy) is 2. The van der Waals surface area contributed by atoms with Crippen LogP contribution >= 0.6 is 0 Å². The van der Waals surface area contributed by atoms with Gasteiger partial charge in [0.1, 0.15) is 11.5 Å². The Labute approximate surface area is 165 Å². The van der Waals surface area contributed by atoms with Gasteiger partial charge in [0.15, 0.2) is 11.6 Å². The number of allylic oxidation sites excluding steroid dienone is 2. The van der Waals surface area contributed by atoms with E-state index in [1.54, 1.807) is 20.3 Å². The van der Waals surface area contributed by atoms with E-state index in [2.05, 4.69) is 0 Å². The second-order valence-corrected chi connectivity index (χ2v) is 6.70. The molecule has 2 aromatic rings. The van der Waals surface area contributed by atoms with Gasteiger partial charge in [-0.2, -0.15) is 0 Å². The third-order valence-electron chi connectivity index (χ3n) is 4.95. The lowest BCUT2D eigenvalue weighted by molar-refractivity contribution is -0.129. The van der Waals surface area contributed by atoms with Crippen LogP contribution in [0.5, 0.6) is 11.5 Å². The van der Waals surface area contributed by atoms with Crippen LogP contribution in [0.3, 0.4) is 0 Å². The van der Waals surface area contributed by atoms with Gasteiger partial charge in [0, 0.05) is 11.1 Å². The van der Waals surface area contributed by atoms with Crippen LogP contribution in [0.2, 0.25) is 0 Å². The molecule has 0 aromatic heterocycles. The van der Waals surface area contributed by atoms with Crippen LogP contribution < -0.4 is 9.47 Å². The molecule has 0 N–H and O–H groups in total. The third kappa shape index (κ3) is 4.39. The van der Waals surface area contributed by atoms with Crippen LogP contribution in [-0.2, 0) is 9.59 Å². The maximum absolute atomic E-state index is 12.9. The fourth-order valence-electron chi connectivity index (χ4n) is 3.46. The molecule has 0 spiro atoms. The molecule has 3 rings (SSSR count). The van der Waals surface area contributed by atoms with Crippen molar-refractivity contribution < 1.29 is 19.1 Å². The molecule has 0 aliphatic heterocycles. The normalized spacial score (nSPS) is 18.4. The molecular formula is C24H24O4. The molecule has 1 saturated carbocycles. The molecule has 1 atom stereocenters. The highest BCUT2D eigenvalue weighted by molar-refractivity contribution is 6.16. The predicted octanol–water partition coefficient (Wildman–Crippen LogP) is 4.74. The van der Waals surface area contributed by atoms with Crippen molar-refractivity contribution in [2.75, 3.05) is 14.2 Å². The molecule has 0 bridgehead atoms. The van der Waals surface area contributed by atoms with Gasteiger partial charge < -0.3 is 9.47 Å². The Bertz CT molecular complexity index is 924. The molecule has 0 heterocycles. The molecule has 144 valence electrons. The minimum absolute atomic E-state index is 0.0909. The largest absolute Gasteiger partial charge is 0.496 e. The van der Waals surface area contributed by atoms with E-state index in [-0.39, 0.29) is 11.6 Å². The zero-order valence-corrected chi connectivity index (χ0v) is 16.2. The average molecular weight is 376 g/mol. The first-order valence-corrected chi connectivity index (χ1v) is 9.36. The van der Waals surface area contributed by atoms with Gasteiger partial charge in [-0.25, -0.2) is 0 Å². The summed E-state index contributed by atoms with van der Waals surface area (Å²) in [5.41, 5.74) is 2.34. The third-order valence-corrected chi connectivity index (χ3v) is 4.95. The van der Waals surface area contributed by atoms with Gasteiger partial charge in [0.05, 0.1) is 20.1 Å². The number of Topliss-reactive ketones (excluding diaryl/α,β-unsaturated/α-hetero) is 1. The Kier molecular flexibility index (Phi) is 6.43. The number of ketones is 2. The Balaban J connectivity index is 1.79. The predicted molar refractivity (Wildman–Crippen MR) is 110 cm³/mol. The summed E-state index contributed by atoms with van der Waals surface area (Å²) in [6.07, 6.45) is 7.13. The molecule has 1 aliphatic carbocycles. The van der Waals surface area contributed by atoms with E-state index in [0.29, 0.717) is 29.9 Å². The highest BCUT2D eigenvalue weighted by Crippen LogP contribution is 2.30. The van der Waals surface area contributed by atoms with Gasteiger partial charge in [0.2, 0.25) is 0 Å². The van der Waals surface area contributed by atoms with Crippen molar-refractivity contribution in [2.24, 2.45) is 5.92 Å². The number of carbonyl (C=O) groups excluding carboxylic acids is 2. The Morgan fingerprint density at radius 1 is 0.964 bits per heavy atom. The Morgan fingerprint density at radius 2 is 1.57 bits per heavy atom. The average Bonchev–Trinajstić information content (AvgIpc) is 2.74. The van der Waals surface area contributed by atoms with Gasteiger partial charge in [-0.1, -0.05) is 36.4 Å². The molecule has 0 saturated heterocycles. The van der Waals surface area contributed by atoms with Crippen LogP contribution in [0.4, 0.5) is 0 Å². The Hall–Kier alpha value is -3.14. The molecule has 2 aromatic carbocycles. The summed E-state index contributed by atoms with van der Waals surface area (Å²) in [6.45, 7) is 0. The number of hydrogen-bond acceptors (Lipinski definition) is 4. The van der Waals surface area contributed by atoms with E-state index in [1.165, 1.54) is 6.08 Å². The summed E-state index contributed by atoms with van der Waals surface area (Å²) in [7, 11) is 3.20. The van der Waals surface area contributed by atoms with Crippen LogP contribution in [0.1, 0.15) is 30.4 Å². The van der Waals surface area contributed by atoms with Crippen molar-refractivity contribution in [1.29, 1.82) is 0 Å². The van der Waals surface area contributed by atoms with E-state index < -0.39 is 5.92 Å². The lowest BCUT2D eigenvalue weighted by Gasteiger charge is -2.21.